The van der Waals surface area contributed by atoms with Gasteiger partial charge in [-0.15, -0.1) is 10.1 Å². The number of benzene rings is 2. The normalized spacial score (nSPS) is 12.1. The van der Waals surface area contributed by atoms with E-state index in [0.717, 1.165) is 74.9 Å². The number of aliphatic carboxylic acids is 2. The van der Waals surface area contributed by atoms with Crippen LogP contribution in [0.25, 0.3) is 0 Å². The third-order valence-electron chi connectivity index (χ3n) is 7.59. The predicted molar refractivity (Wildman–Crippen MR) is 181 cm³/mol. The summed E-state index contributed by atoms with van der Waals surface area (Å²) in [7, 11) is 3.72. The molecule has 0 fully saturated rings. The Bertz CT molecular complexity index is 1340. The molecule has 15 heteroatoms. The van der Waals surface area contributed by atoms with Crippen LogP contribution in [0.2, 0.25) is 0 Å². The summed E-state index contributed by atoms with van der Waals surface area (Å²) in [5, 5.41) is 37.7. The Morgan fingerprint density at radius 2 is 1.71 bits per heavy atom. The number of carboxylic acid groups (broad SMARTS) is 2. The number of nitrogens with zero attached hydrogens (tertiary/aromatic N) is 3. The van der Waals surface area contributed by atoms with Gasteiger partial charge < -0.3 is 40.2 Å². The Labute approximate surface area is 287 Å². The lowest BCUT2D eigenvalue weighted by Gasteiger charge is -2.29. The summed E-state index contributed by atoms with van der Waals surface area (Å²) >= 11 is 0. The molecule has 0 aliphatic carbocycles. The van der Waals surface area contributed by atoms with Gasteiger partial charge in [-0.2, -0.15) is 5.26 Å². The van der Waals surface area contributed by atoms with Crippen molar-refractivity contribution in [3.63, 3.8) is 0 Å². The summed E-state index contributed by atoms with van der Waals surface area (Å²) in [6, 6.07) is 18.2. The number of amides is 1. The highest BCUT2D eigenvalue weighted by molar-refractivity contribution is 6.27. The molecule has 272 valence electrons. The molecule has 2 rings (SSSR count). The molecule has 2 aromatic rings. The molecule has 49 heavy (non-hydrogen) atoms. The van der Waals surface area contributed by atoms with Crippen LogP contribution in [0.5, 0.6) is 11.5 Å². The number of rotatable bonds is 21. The minimum atomic E-state index is -1.82. The summed E-state index contributed by atoms with van der Waals surface area (Å²) in [4.78, 5) is 47.2. The van der Waals surface area contributed by atoms with Crippen molar-refractivity contribution in [3.8, 4) is 17.6 Å². The number of nitriles is 1. The Hall–Kier alpha value is -4.94. The molecule has 0 saturated heterocycles. The van der Waals surface area contributed by atoms with Crippen molar-refractivity contribution in [2.45, 2.75) is 76.7 Å². The van der Waals surface area contributed by atoms with Gasteiger partial charge >= 0.3 is 11.9 Å². The molecular formula is C34H50N4O11. The average molecular weight is 691 g/mol. The Morgan fingerprint density at radius 1 is 1.04 bits per heavy atom. The van der Waals surface area contributed by atoms with Crippen molar-refractivity contribution in [1.82, 2.24) is 10.2 Å². The van der Waals surface area contributed by atoms with E-state index in [0.29, 0.717) is 5.75 Å². The summed E-state index contributed by atoms with van der Waals surface area (Å²) in [5.74, 6) is -2.56. The topological polar surface area (TPSA) is 233 Å². The molecule has 5 N–H and O–H groups in total. The van der Waals surface area contributed by atoms with Crippen molar-refractivity contribution in [3.05, 3.63) is 69.8 Å². The van der Waals surface area contributed by atoms with Crippen LogP contribution in [0.4, 0.5) is 0 Å². The lowest BCUT2D eigenvalue weighted by Crippen LogP contribution is -2.37. The maximum Gasteiger partial charge on any atom is 0.414 e. The second-order valence-electron chi connectivity index (χ2n) is 11.3. The smallest absolute Gasteiger partial charge is 0.414 e. The van der Waals surface area contributed by atoms with E-state index < -0.39 is 28.5 Å². The molecule has 15 nitrogen and oxygen atoms in total. The minimum absolute atomic E-state index is 0. The maximum atomic E-state index is 11.2. The van der Waals surface area contributed by atoms with Crippen molar-refractivity contribution in [1.29, 1.82) is 5.26 Å². The van der Waals surface area contributed by atoms with Gasteiger partial charge in [0.2, 0.25) is 5.91 Å². The third kappa shape index (κ3) is 17.7. The highest BCUT2D eigenvalue weighted by Gasteiger charge is 2.32. The molecule has 2 atom stereocenters. The van der Waals surface area contributed by atoms with Crippen LogP contribution < -0.4 is 14.8 Å². The number of likely N-dealkylation sites (N-methyl/N-ethyl adjacent to an activating group) is 1. The van der Waals surface area contributed by atoms with Gasteiger partial charge in [0.05, 0.1) is 18.6 Å². The molecule has 2 unspecified atom stereocenters. The largest absolute Gasteiger partial charge is 0.497 e. The fourth-order valence-corrected chi connectivity index (χ4v) is 4.98. The van der Waals surface area contributed by atoms with Crippen LogP contribution >= 0.6 is 0 Å². The fourth-order valence-electron chi connectivity index (χ4n) is 4.98. The molecule has 0 heterocycles. The van der Waals surface area contributed by atoms with Crippen LogP contribution in [0.15, 0.2) is 48.5 Å². The minimum Gasteiger partial charge on any atom is -0.497 e. The van der Waals surface area contributed by atoms with E-state index >= 15 is 0 Å². The zero-order valence-corrected chi connectivity index (χ0v) is 28.7. The molecular weight excluding hydrogens is 640 g/mol. The summed E-state index contributed by atoms with van der Waals surface area (Å²) in [5.41, 5.74) is 1.44. The zero-order valence-electron chi connectivity index (χ0n) is 28.7. The van der Waals surface area contributed by atoms with Gasteiger partial charge in [-0.3, -0.25) is 4.79 Å². The number of hydrogen-bond acceptors (Lipinski definition) is 10. The lowest BCUT2D eigenvalue weighted by molar-refractivity contribution is -0.768. The number of carbonyl (C=O) groups is 3. The molecule has 0 aromatic heterocycles. The number of ether oxygens (including phenoxy) is 2. The number of hydrogen-bond donors (Lipinski definition) is 3. The number of methoxy groups -OCH3 is 1. The van der Waals surface area contributed by atoms with Crippen LogP contribution in [0, 0.1) is 21.4 Å². The predicted octanol–water partition coefficient (Wildman–Crippen LogP) is 3.80. The van der Waals surface area contributed by atoms with E-state index in [9.17, 15) is 20.2 Å². The van der Waals surface area contributed by atoms with Crippen molar-refractivity contribution in [2.24, 2.45) is 0 Å². The average Bonchev–Trinajstić information content (AvgIpc) is 3.06. The Morgan fingerprint density at radius 3 is 2.31 bits per heavy atom. The fraction of sp³-hybridized carbons (Fsp3) is 0.529. The van der Waals surface area contributed by atoms with E-state index in [-0.39, 0.29) is 24.5 Å². The highest BCUT2D eigenvalue weighted by atomic mass is 17.0. The summed E-state index contributed by atoms with van der Waals surface area (Å²) < 4.78 is 11.3. The first kappa shape index (κ1) is 44.1. The molecule has 0 spiro atoms. The second kappa shape index (κ2) is 24.2. The Balaban J connectivity index is 0.00000300. The number of carboxylic acids is 2. The first-order valence-corrected chi connectivity index (χ1v) is 15.8. The molecule has 0 bridgehead atoms. The van der Waals surface area contributed by atoms with Crippen LogP contribution in [0.3, 0.4) is 0 Å². The van der Waals surface area contributed by atoms with Gasteiger partial charge in [0.25, 0.3) is 5.09 Å². The SMILES string of the molecule is CCCCCCC(C#N)(CCCN(C)CCc1ccccc1OCC(CNC(C)=O)O[N+](=O)[O-])c1cccc(OC)c1.O.O=C(O)C(=O)O. The van der Waals surface area contributed by atoms with Gasteiger partial charge in [0, 0.05) is 20.0 Å². The molecule has 1 amide bonds. The summed E-state index contributed by atoms with van der Waals surface area (Å²) in [6.07, 6.45) is 6.72. The number of nitrogens with one attached hydrogen (secondary N) is 1. The van der Waals surface area contributed by atoms with E-state index in [2.05, 4.69) is 35.1 Å². The summed E-state index contributed by atoms with van der Waals surface area (Å²) in [6.45, 7) is 5.03. The zero-order chi connectivity index (χ0) is 36.0. The number of unbranched alkanes of at least 4 members (excludes halogenated alkanes) is 3. The highest BCUT2D eigenvalue weighted by Crippen LogP contribution is 2.36. The lowest BCUT2D eigenvalue weighted by atomic mass is 9.74. The Kier molecular flexibility index (Phi) is 21.8. The van der Waals surface area contributed by atoms with Crippen molar-refractivity contribution in [2.75, 3.05) is 40.4 Å². The van der Waals surface area contributed by atoms with Crippen LogP contribution in [-0.2, 0) is 31.1 Å². The van der Waals surface area contributed by atoms with Gasteiger partial charge in [-0.25, -0.2) is 9.59 Å². The van der Waals surface area contributed by atoms with Gasteiger partial charge in [-0.05, 0) is 68.6 Å². The van der Waals surface area contributed by atoms with E-state index in [1.807, 2.05) is 48.5 Å². The quantitative estimate of drug-likeness (QED) is 0.0734. The van der Waals surface area contributed by atoms with Crippen LogP contribution in [0.1, 0.15) is 69.9 Å². The van der Waals surface area contributed by atoms with Gasteiger partial charge in [0.15, 0.2) is 6.10 Å². The van der Waals surface area contributed by atoms with Gasteiger partial charge in [0.1, 0.15) is 18.1 Å². The number of carbonyl (C=O) groups excluding carboxylic acids is 1. The van der Waals surface area contributed by atoms with E-state index in [1.165, 1.54) is 13.3 Å². The van der Waals surface area contributed by atoms with Crippen molar-refractivity contribution < 1.29 is 49.5 Å². The molecule has 2 aromatic carbocycles. The van der Waals surface area contributed by atoms with Crippen molar-refractivity contribution >= 4 is 17.8 Å². The molecule has 0 aliphatic heterocycles. The molecule has 0 saturated carbocycles. The van der Waals surface area contributed by atoms with E-state index in [1.54, 1.807) is 7.11 Å². The monoisotopic (exact) mass is 690 g/mol. The molecule has 0 aliphatic rings. The first-order valence-electron chi connectivity index (χ1n) is 15.8. The maximum absolute atomic E-state index is 11.2. The van der Waals surface area contributed by atoms with Gasteiger partial charge in [-0.1, -0.05) is 62.9 Å². The first-order chi connectivity index (χ1) is 22.9. The second-order valence-corrected chi connectivity index (χ2v) is 11.3. The standard InChI is InChI=1S/C32H46N4O6.C2H2O4.H2O/c1-5-6-7-10-18-32(25-33,28-14-11-15-29(22-28)40-4)19-12-20-35(3)21-17-27-13-8-9-16-31(27)41-24-30(42-36(38)39)23-34-26(2)37;3-1(4)2(5)6;/h8-9,11,13-16,22,30H,5-7,10,12,17-21,23-24H2,1-4H3,(H,34,37);(H,3,4)(H,5,6);1H2. The third-order valence-corrected chi connectivity index (χ3v) is 7.59. The number of para-hydroxylation sites is 1. The van der Waals surface area contributed by atoms with Crippen LogP contribution in [-0.4, -0.2) is 90.0 Å². The van der Waals surface area contributed by atoms with E-state index in [4.69, 9.17) is 29.3 Å². The molecule has 0 radical (unpaired) electrons.